The highest BCUT2D eigenvalue weighted by atomic mass is 35.5. The molecule has 2 aromatic rings. The molecule has 0 saturated heterocycles. The molecular formula is C9H10ClN3. The Morgan fingerprint density at radius 1 is 1.38 bits per heavy atom. The van der Waals surface area contributed by atoms with Crippen LogP contribution in [0, 0.1) is 0 Å². The van der Waals surface area contributed by atoms with Gasteiger partial charge in [-0.25, -0.2) is 0 Å². The minimum atomic E-state index is 0.410. The Kier molecular flexibility index (Phi) is 1.90. The van der Waals surface area contributed by atoms with Gasteiger partial charge in [-0.15, -0.1) is 0 Å². The van der Waals surface area contributed by atoms with E-state index in [1.54, 1.807) is 0 Å². The molecular weight excluding hydrogens is 186 g/mol. The molecule has 68 valence electrons. The van der Waals surface area contributed by atoms with Gasteiger partial charge in [0.2, 0.25) is 0 Å². The lowest BCUT2D eigenvalue weighted by Gasteiger charge is -1.92. The van der Waals surface area contributed by atoms with E-state index < -0.39 is 0 Å². The lowest BCUT2D eigenvalue weighted by molar-refractivity contribution is 1.02. The van der Waals surface area contributed by atoms with Crippen LogP contribution in [0.2, 0.25) is 5.02 Å². The van der Waals surface area contributed by atoms with Gasteiger partial charge in [0.05, 0.1) is 5.02 Å². The van der Waals surface area contributed by atoms with E-state index in [0.29, 0.717) is 17.3 Å². The lowest BCUT2D eigenvalue weighted by atomic mass is 10.2. The molecule has 0 fully saturated rings. The van der Waals surface area contributed by atoms with E-state index in [4.69, 9.17) is 23.1 Å². The van der Waals surface area contributed by atoms with Crippen LogP contribution in [0.15, 0.2) is 18.2 Å². The van der Waals surface area contributed by atoms with Crippen LogP contribution in [0.4, 0.5) is 5.69 Å². The fourth-order valence-electron chi connectivity index (χ4n) is 1.38. The molecule has 1 aromatic heterocycles. The van der Waals surface area contributed by atoms with E-state index in [2.05, 4.69) is 4.98 Å². The topological polar surface area (TPSA) is 67.8 Å². The summed E-state index contributed by atoms with van der Waals surface area (Å²) in [6, 6.07) is 5.56. The molecule has 2 rings (SSSR count). The number of hydrogen-bond acceptors (Lipinski definition) is 2. The van der Waals surface area contributed by atoms with Crippen molar-refractivity contribution in [2.45, 2.75) is 6.54 Å². The molecule has 0 saturated carbocycles. The first-order valence-corrected chi connectivity index (χ1v) is 4.36. The molecule has 1 aromatic carbocycles. The van der Waals surface area contributed by atoms with Crippen LogP contribution in [-0.2, 0) is 6.54 Å². The van der Waals surface area contributed by atoms with Crippen molar-refractivity contribution >= 4 is 28.2 Å². The summed E-state index contributed by atoms with van der Waals surface area (Å²) in [5.41, 5.74) is 13.6. The molecule has 0 aliphatic heterocycles. The number of nitrogens with one attached hydrogen (secondary N) is 1. The van der Waals surface area contributed by atoms with Gasteiger partial charge in [-0.3, -0.25) is 0 Å². The average Bonchev–Trinajstić information content (AvgIpc) is 2.42. The van der Waals surface area contributed by atoms with Crippen molar-refractivity contribution in [3.8, 4) is 0 Å². The molecule has 13 heavy (non-hydrogen) atoms. The van der Waals surface area contributed by atoms with Crippen molar-refractivity contribution in [2.75, 3.05) is 5.73 Å². The Morgan fingerprint density at radius 2 is 2.15 bits per heavy atom. The zero-order valence-electron chi connectivity index (χ0n) is 6.97. The van der Waals surface area contributed by atoms with Gasteiger partial charge >= 0.3 is 0 Å². The van der Waals surface area contributed by atoms with Gasteiger partial charge in [0.25, 0.3) is 0 Å². The SMILES string of the molecule is NCc1[nH]c2cc(N)ccc2c1Cl. The minimum Gasteiger partial charge on any atom is -0.399 e. The molecule has 1 heterocycles. The van der Waals surface area contributed by atoms with Crippen LogP contribution in [0.25, 0.3) is 10.9 Å². The number of halogens is 1. The maximum atomic E-state index is 6.06. The monoisotopic (exact) mass is 195 g/mol. The number of H-pyrrole nitrogens is 1. The number of benzene rings is 1. The van der Waals surface area contributed by atoms with Crippen molar-refractivity contribution in [1.29, 1.82) is 0 Å². The summed E-state index contributed by atoms with van der Waals surface area (Å²) in [6.45, 7) is 0.410. The summed E-state index contributed by atoms with van der Waals surface area (Å²) in [4.78, 5) is 3.12. The molecule has 4 heteroatoms. The summed E-state index contributed by atoms with van der Waals surface area (Å²) >= 11 is 6.06. The van der Waals surface area contributed by atoms with Crippen LogP contribution in [0.1, 0.15) is 5.69 Å². The molecule has 0 bridgehead atoms. The van der Waals surface area contributed by atoms with E-state index in [0.717, 1.165) is 16.6 Å². The van der Waals surface area contributed by atoms with Crippen molar-refractivity contribution in [3.63, 3.8) is 0 Å². The summed E-state index contributed by atoms with van der Waals surface area (Å²) in [6.07, 6.45) is 0. The maximum Gasteiger partial charge on any atom is 0.0705 e. The number of hydrogen-bond donors (Lipinski definition) is 3. The van der Waals surface area contributed by atoms with Gasteiger partial charge in [-0.1, -0.05) is 11.6 Å². The number of aromatic amines is 1. The van der Waals surface area contributed by atoms with Gasteiger partial charge in [0.15, 0.2) is 0 Å². The van der Waals surface area contributed by atoms with E-state index in [-0.39, 0.29) is 0 Å². The molecule has 0 atom stereocenters. The summed E-state index contributed by atoms with van der Waals surface area (Å²) in [5, 5.41) is 1.66. The third-order valence-corrected chi connectivity index (χ3v) is 2.47. The third-order valence-electron chi connectivity index (χ3n) is 2.03. The Morgan fingerprint density at radius 3 is 2.85 bits per heavy atom. The van der Waals surface area contributed by atoms with E-state index in [1.807, 2.05) is 18.2 Å². The third kappa shape index (κ3) is 1.26. The minimum absolute atomic E-state index is 0.410. The fourth-order valence-corrected chi connectivity index (χ4v) is 1.67. The number of anilines is 1. The second kappa shape index (κ2) is 2.94. The van der Waals surface area contributed by atoms with Crippen LogP contribution in [0.5, 0.6) is 0 Å². The normalized spacial score (nSPS) is 10.9. The van der Waals surface area contributed by atoms with Crippen LogP contribution in [0.3, 0.4) is 0 Å². The molecule has 0 spiro atoms. The predicted octanol–water partition coefficient (Wildman–Crippen LogP) is 1.86. The molecule has 5 N–H and O–H groups in total. The Balaban J connectivity index is 2.76. The summed E-state index contributed by atoms with van der Waals surface area (Å²) in [5.74, 6) is 0. The summed E-state index contributed by atoms with van der Waals surface area (Å²) in [7, 11) is 0. The van der Waals surface area contributed by atoms with Crippen molar-refractivity contribution < 1.29 is 0 Å². The van der Waals surface area contributed by atoms with Gasteiger partial charge in [-0.05, 0) is 18.2 Å². The van der Waals surface area contributed by atoms with Gasteiger partial charge < -0.3 is 16.5 Å². The fraction of sp³-hybridized carbons (Fsp3) is 0.111. The molecule has 0 aliphatic rings. The van der Waals surface area contributed by atoms with Crippen LogP contribution < -0.4 is 11.5 Å². The number of nitrogens with two attached hydrogens (primary N) is 2. The van der Waals surface area contributed by atoms with Crippen LogP contribution >= 0.6 is 11.6 Å². The Bertz CT molecular complexity index is 447. The average molecular weight is 196 g/mol. The lowest BCUT2D eigenvalue weighted by Crippen LogP contribution is -1.96. The second-order valence-corrected chi connectivity index (χ2v) is 3.30. The largest absolute Gasteiger partial charge is 0.399 e. The zero-order valence-corrected chi connectivity index (χ0v) is 7.73. The smallest absolute Gasteiger partial charge is 0.0705 e. The zero-order chi connectivity index (χ0) is 9.42. The highest BCUT2D eigenvalue weighted by Gasteiger charge is 2.07. The molecule has 0 unspecified atom stereocenters. The molecule has 3 nitrogen and oxygen atoms in total. The van der Waals surface area contributed by atoms with Gasteiger partial charge in [0.1, 0.15) is 0 Å². The number of fused-ring (bicyclic) bond motifs is 1. The quantitative estimate of drug-likeness (QED) is 0.608. The molecule has 0 amide bonds. The first-order valence-electron chi connectivity index (χ1n) is 3.98. The number of aromatic nitrogens is 1. The van der Waals surface area contributed by atoms with Crippen molar-refractivity contribution in [1.82, 2.24) is 4.98 Å². The molecule has 0 aliphatic carbocycles. The van der Waals surface area contributed by atoms with Crippen molar-refractivity contribution in [3.05, 3.63) is 28.9 Å². The highest BCUT2D eigenvalue weighted by molar-refractivity contribution is 6.36. The number of rotatable bonds is 1. The summed E-state index contributed by atoms with van der Waals surface area (Å²) < 4.78 is 0. The van der Waals surface area contributed by atoms with Gasteiger partial charge in [-0.2, -0.15) is 0 Å². The molecule has 0 radical (unpaired) electrons. The maximum absolute atomic E-state index is 6.06. The first-order chi connectivity index (χ1) is 6.22. The van der Waals surface area contributed by atoms with Crippen molar-refractivity contribution in [2.24, 2.45) is 5.73 Å². The standard InChI is InChI=1S/C9H10ClN3/c10-9-6-2-1-5(12)3-7(6)13-8(9)4-11/h1-3,13H,4,11-12H2. The Labute approximate surface area is 80.7 Å². The van der Waals surface area contributed by atoms with Crippen LogP contribution in [-0.4, -0.2) is 4.98 Å². The van der Waals surface area contributed by atoms with Gasteiger partial charge in [0, 0.05) is 28.8 Å². The van der Waals surface area contributed by atoms with E-state index in [9.17, 15) is 0 Å². The predicted molar refractivity (Wildman–Crippen MR) is 55.6 cm³/mol. The second-order valence-electron chi connectivity index (χ2n) is 2.93. The van der Waals surface area contributed by atoms with E-state index in [1.165, 1.54) is 0 Å². The first kappa shape index (κ1) is 8.41. The Hall–Kier alpha value is -1.19. The highest BCUT2D eigenvalue weighted by Crippen LogP contribution is 2.28. The number of nitrogen functional groups attached to an aromatic ring is 1. The van der Waals surface area contributed by atoms with E-state index >= 15 is 0 Å².